The standard InChI is InChI=1S/C32H42O6S4/c1-23(33)39-17-5-9-27-11-13-31(37-15-7-19-41-25(3)35)29(21-27)30-22-28(10-6-18-40-24(2)34)12-14-32(30)38-16-8-20-42-26(4)36/h11-14,21-22H,5-10,15-20H2,1-4H3. The van der Waals surface area contributed by atoms with Gasteiger partial charge in [0.2, 0.25) is 0 Å². The van der Waals surface area contributed by atoms with E-state index < -0.39 is 0 Å². The second kappa shape index (κ2) is 20.9. The van der Waals surface area contributed by atoms with Gasteiger partial charge in [0.1, 0.15) is 11.5 Å². The maximum absolute atomic E-state index is 11.4. The van der Waals surface area contributed by atoms with Gasteiger partial charge in [0.15, 0.2) is 20.5 Å². The molecule has 230 valence electrons. The summed E-state index contributed by atoms with van der Waals surface area (Å²) in [5, 5.41) is 0.462. The molecule has 42 heavy (non-hydrogen) atoms. The lowest BCUT2D eigenvalue weighted by Crippen LogP contribution is -2.04. The van der Waals surface area contributed by atoms with Crippen molar-refractivity contribution in [3.05, 3.63) is 47.5 Å². The van der Waals surface area contributed by atoms with Gasteiger partial charge >= 0.3 is 0 Å². The van der Waals surface area contributed by atoms with Gasteiger partial charge in [-0.1, -0.05) is 59.2 Å². The number of hydrogen-bond donors (Lipinski definition) is 0. The largest absolute Gasteiger partial charge is 0.493 e. The maximum Gasteiger partial charge on any atom is 0.185 e. The summed E-state index contributed by atoms with van der Waals surface area (Å²) in [5.74, 6) is 4.47. The molecule has 0 radical (unpaired) electrons. The highest BCUT2D eigenvalue weighted by Gasteiger charge is 2.15. The second-order valence-electron chi connectivity index (χ2n) is 9.63. The zero-order chi connectivity index (χ0) is 30.7. The second-order valence-corrected chi connectivity index (χ2v) is 14.7. The van der Waals surface area contributed by atoms with E-state index in [-0.39, 0.29) is 20.5 Å². The highest BCUT2D eigenvalue weighted by Crippen LogP contribution is 2.39. The third-order valence-corrected chi connectivity index (χ3v) is 9.51. The fourth-order valence-corrected chi connectivity index (χ4v) is 6.29. The van der Waals surface area contributed by atoms with E-state index in [1.807, 2.05) is 12.1 Å². The minimum Gasteiger partial charge on any atom is -0.493 e. The van der Waals surface area contributed by atoms with Gasteiger partial charge in [-0.05, 0) is 73.9 Å². The van der Waals surface area contributed by atoms with Gasteiger partial charge in [-0.15, -0.1) is 0 Å². The Balaban J connectivity index is 2.34. The first-order valence-corrected chi connectivity index (χ1v) is 18.1. The molecule has 0 saturated carbocycles. The van der Waals surface area contributed by atoms with Crippen LogP contribution in [0.2, 0.25) is 0 Å². The molecule has 0 aromatic heterocycles. The van der Waals surface area contributed by atoms with Crippen LogP contribution in [0.3, 0.4) is 0 Å². The molecule has 0 bridgehead atoms. The minimum absolute atomic E-state index is 0.102. The van der Waals surface area contributed by atoms with Gasteiger partial charge in [0.05, 0.1) is 13.2 Å². The Bertz CT molecular complexity index is 1090. The minimum atomic E-state index is 0.102. The number of thioether (sulfide) groups is 4. The molecule has 0 heterocycles. The van der Waals surface area contributed by atoms with Crippen molar-refractivity contribution in [1.82, 2.24) is 0 Å². The Labute approximate surface area is 267 Å². The van der Waals surface area contributed by atoms with Gasteiger partial charge in [0, 0.05) is 61.8 Å². The van der Waals surface area contributed by atoms with E-state index in [0.29, 0.717) is 24.7 Å². The van der Waals surface area contributed by atoms with Crippen LogP contribution in [0.15, 0.2) is 36.4 Å². The SMILES string of the molecule is CC(=O)SCCCOc1ccc(CCCSC(C)=O)cc1-c1cc(CCCSC(C)=O)ccc1OCCCSC(C)=O. The van der Waals surface area contributed by atoms with Gasteiger partial charge < -0.3 is 9.47 Å². The van der Waals surface area contributed by atoms with Crippen LogP contribution in [0.1, 0.15) is 64.5 Å². The summed E-state index contributed by atoms with van der Waals surface area (Å²) in [4.78, 5) is 45.3. The van der Waals surface area contributed by atoms with Crippen LogP contribution in [0.25, 0.3) is 11.1 Å². The molecule has 0 amide bonds. The Morgan fingerprint density at radius 1 is 0.524 bits per heavy atom. The van der Waals surface area contributed by atoms with Crippen molar-refractivity contribution in [2.24, 2.45) is 0 Å². The molecule has 0 spiro atoms. The molecule has 0 saturated heterocycles. The molecule has 0 fully saturated rings. The Morgan fingerprint density at radius 3 is 1.19 bits per heavy atom. The van der Waals surface area contributed by atoms with Crippen LogP contribution in [0.5, 0.6) is 11.5 Å². The van der Waals surface area contributed by atoms with Gasteiger partial charge in [-0.25, -0.2) is 0 Å². The maximum atomic E-state index is 11.4. The first-order valence-electron chi connectivity index (χ1n) is 14.2. The van der Waals surface area contributed by atoms with E-state index in [2.05, 4.69) is 24.3 Å². The van der Waals surface area contributed by atoms with Crippen molar-refractivity contribution in [2.75, 3.05) is 36.2 Å². The molecule has 0 aliphatic heterocycles. The van der Waals surface area contributed by atoms with E-state index in [1.165, 1.54) is 47.0 Å². The predicted molar refractivity (Wildman–Crippen MR) is 181 cm³/mol. The number of aryl methyl sites for hydroxylation is 2. The molecular weight excluding hydrogens is 609 g/mol. The average Bonchev–Trinajstić information content (AvgIpc) is 2.93. The van der Waals surface area contributed by atoms with Crippen LogP contribution >= 0.6 is 47.0 Å². The quantitative estimate of drug-likeness (QED) is 0.140. The van der Waals surface area contributed by atoms with Crippen LogP contribution < -0.4 is 9.47 Å². The van der Waals surface area contributed by atoms with E-state index in [4.69, 9.17) is 9.47 Å². The number of ether oxygens (including phenoxy) is 2. The molecule has 2 rings (SSSR count). The first kappa shape index (κ1) is 36.3. The van der Waals surface area contributed by atoms with Crippen LogP contribution in [-0.4, -0.2) is 56.7 Å². The van der Waals surface area contributed by atoms with Gasteiger partial charge in [-0.2, -0.15) is 0 Å². The third kappa shape index (κ3) is 15.5. The van der Waals surface area contributed by atoms with E-state index in [1.54, 1.807) is 27.7 Å². The van der Waals surface area contributed by atoms with E-state index in [9.17, 15) is 19.2 Å². The monoisotopic (exact) mass is 650 g/mol. The highest BCUT2D eigenvalue weighted by molar-refractivity contribution is 8.14. The molecule has 6 nitrogen and oxygen atoms in total. The highest BCUT2D eigenvalue weighted by atomic mass is 32.2. The van der Waals surface area contributed by atoms with Crippen molar-refractivity contribution in [2.45, 2.75) is 66.2 Å². The summed E-state index contributed by atoms with van der Waals surface area (Å²) in [7, 11) is 0. The number of benzene rings is 2. The number of hydrogen-bond acceptors (Lipinski definition) is 10. The molecule has 2 aromatic rings. The van der Waals surface area contributed by atoms with Crippen molar-refractivity contribution >= 4 is 67.5 Å². The lowest BCUT2D eigenvalue weighted by Gasteiger charge is -2.18. The smallest absolute Gasteiger partial charge is 0.185 e. The van der Waals surface area contributed by atoms with Crippen molar-refractivity contribution < 1.29 is 28.7 Å². The molecule has 0 unspecified atom stereocenters. The van der Waals surface area contributed by atoms with Crippen molar-refractivity contribution in [1.29, 1.82) is 0 Å². The summed E-state index contributed by atoms with van der Waals surface area (Å²) < 4.78 is 12.5. The lowest BCUT2D eigenvalue weighted by atomic mass is 9.96. The molecule has 0 aliphatic rings. The summed E-state index contributed by atoms with van der Waals surface area (Å²) in [6.45, 7) is 7.31. The summed E-state index contributed by atoms with van der Waals surface area (Å²) in [6, 6.07) is 12.5. The first-order chi connectivity index (χ1) is 20.2. The van der Waals surface area contributed by atoms with Gasteiger partial charge in [0.25, 0.3) is 0 Å². The van der Waals surface area contributed by atoms with E-state index >= 15 is 0 Å². The van der Waals surface area contributed by atoms with Crippen LogP contribution in [0, 0.1) is 0 Å². The summed E-state index contributed by atoms with van der Waals surface area (Å²) in [6.07, 6.45) is 4.94. The molecule has 0 N–H and O–H groups in total. The van der Waals surface area contributed by atoms with Crippen LogP contribution in [-0.2, 0) is 32.0 Å². The summed E-state index contributed by atoms with van der Waals surface area (Å²) >= 11 is 5.30. The van der Waals surface area contributed by atoms with Crippen molar-refractivity contribution in [3.63, 3.8) is 0 Å². The Morgan fingerprint density at radius 2 is 0.857 bits per heavy atom. The molecule has 2 aromatic carbocycles. The topological polar surface area (TPSA) is 86.7 Å². The summed E-state index contributed by atoms with van der Waals surface area (Å²) in [5.41, 5.74) is 4.19. The van der Waals surface area contributed by atoms with Gasteiger partial charge in [-0.3, -0.25) is 19.2 Å². The number of carbonyl (C=O) groups excluding carboxylic acids is 4. The zero-order valence-corrected chi connectivity index (χ0v) is 28.3. The van der Waals surface area contributed by atoms with Crippen molar-refractivity contribution in [3.8, 4) is 22.6 Å². The zero-order valence-electron chi connectivity index (χ0n) is 25.0. The molecule has 10 heteroatoms. The molecule has 0 aliphatic carbocycles. The average molecular weight is 651 g/mol. The Kier molecular flexibility index (Phi) is 18.1. The predicted octanol–water partition coefficient (Wildman–Crippen LogP) is 7.88. The third-order valence-electron chi connectivity index (χ3n) is 5.91. The number of rotatable bonds is 19. The number of carbonyl (C=O) groups is 4. The fraction of sp³-hybridized carbons (Fsp3) is 0.500. The normalized spacial score (nSPS) is 10.9. The fourth-order valence-electron chi connectivity index (χ4n) is 4.04. The van der Waals surface area contributed by atoms with Crippen LogP contribution in [0.4, 0.5) is 0 Å². The molecular formula is C32H42O6S4. The molecule has 0 atom stereocenters. The van der Waals surface area contributed by atoms with E-state index in [0.717, 1.165) is 83.8 Å². The Hall–Kier alpha value is -1.88. The lowest BCUT2D eigenvalue weighted by molar-refractivity contribution is -0.109.